The Labute approximate surface area is 197 Å². The van der Waals surface area contributed by atoms with Gasteiger partial charge in [0.05, 0.1) is 10.4 Å². The highest BCUT2D eigenvalue weighted by atomic mass is 32.1. The van der Waals surface area contributed by atoms with Gasteiger partial charge in [0.2, 0.25) is 0 Å². The van der Waals surface area contributed by atoms with Gasteiger partial charge < -0.3 is 10.7 Å². The molecule has 5 rings (SSSR count). The average Bonchev–Trinajstić information content (AvgIpc) is 3.39. The number of aromatic nitrogens is 2. The number of aromatic amines is 1. The van der Waals surface area contributed by atoms with Gasteiger partial charge in [-0.15, -0.1) is 22.7 Å². The molecule has 0 bridgehead atoms. The van der Waals surface area contributed by atoms with Gasteiger partial charge in [0.1, 0.15) is 22.3 Å². The summed E-state index contributed by atoms with van der Waals surface area (Å²) < 4.78 is 25.6. The Morgan fingerprint density at radius 2 is 1.45 bits per heavy atom. The third kappa shape index (κ3) is 5.18. The second kappa shape index (κ2) is 9.64. The zero-order valence-electron chi connectivity index (χ0n) is 18.0. The summed E-state index contributed by atoms with van der Waals surface area (Å²) in [6.07, 6.45) is 0.934. The molecule has 8 heteroatoms. The van der Waals surface area contributed by atoms with Crippen molar-refractivity contribution in [3.05, 3.63) is 94.0 Å². The van der Waals surface area contributed by atoms with Crippen LogP contribution in [0.5, 0.6) is 0 Å². The fourth-order valence-corrected chi connectivity index (χ4v) is 5.38. The van der Waals surface area contributed by atoms with E-state index in [-0.39, 0.29) is 17.2 Å². The second-order valence-electron chi connectivity index (χ2n) is 7.35. The maximum atomic E-state index is 12.9. The molecule has 0 fully saturated rings. The lowest BCUT2D eigenvalue weighted by atomic mass is 10.1. The number of halogens is 2. The molecule has 0 unspecified atom stereocenters. The molecular formula is C25H21F2N3OS2. The number of nitrogens with one attached hydrogen (secondary N) is 1. The van der Waals surface area contributed by atoms with Crippen LogP contribution in [0.2, 0.25) is 0 Å². The van der Waals surface area contributed by atoms with Gasteiger partial charge in [0.25, 0.3) is 5.56 Å². The Morgan fingerprint density at radius 1 is 0.909 bits per heavy atom. The minimum atomic E-state index is -0.272. The maximum absolute atomic E-state index is 12.9. The SMILES string of the molecule is CCc1cc(-c2ccc(F)cc2)sc1N.Cc1nc2sc(-c3ccc(F)cc3)cc2c(=O)[nH]1. The van der Waals surface area contributed by atoms with E-state index in [1.165, 1.54) is 41.2 Å². The van der Waals surface area contributed by atoms with E-state index in [1.807, 2.05) is 0 Å². The van der Waals surface area contributed by atoms with Gasteiger partial charge >= 0.3 is 0 Å². The molecule has 3 N–H and O–H groups in total. The van der Waals surface area contributed by atoms with Crippen LogP contribution < -0.4 is 11.3 Å². The molecule has 3 heterocycles. The van der Waals surface area contributed by atoms with Crippen molar-refractivity contribution >= 4 is 37.9 Å². The predicted molar refractivity (Wildman–Crippen MR) is 134 cm³/mol. The summed E-state index contributed by atoms with van der Waals surface area (Å²) in [5.74, 6) is 0.116. The minimum absolute atomic E-state index is 0.137. The fraction of sp³-hybridized carbons (Fsp3) is 0.120. The third-order valence-corrected chi connectivity index (χ3v) is 7.13. The number of nitrogens with zero attached hydrogens (tertiary/aromatic N) is 1. The van der Waals surface area contributed by atoms with Crippen LogP contribution in [-0.2, 0) is 6.42 Å². The molecule has 0 saturated carbocycles. The van der Waals surface area contributed by atoms with Crippen molar-refractivity contribution in [1.82, 2.24) is 9.97 Å². The molecule has 3 aromatic heterocycles. The van der Waals surface area contributed by atoms with Crippen molar-refractivity contribution < 1.29 is 8.78 Å². The van der Waals surface area contributed by atoms with E-state index >= 15 is 0 Å². The minimum Gasteiger partial charge on any atom is -0.390 e. The van der Waals surface area contributed by atoms with Crippen molar-refractivity contribution in [2.75, 3.05) is 5.73 Å². The quantitative estimate of drug-likeness (QED) is 0.298. The van der Waals surface area contributed by atoms with Crippen LogP contribution in [0.15, 0.2) is 65.5 Å². The van der Waals surface area contributed by atoms with Crippen molar-refractivity contribution in [3.63, 3.8) is 0 Å². The number of fused-ring (bicyclic) bond motifs is 1. The fourth-order valence-electron chi connectivity index (χ4n) is 3.27. The first-order chi connectivity index (χ1) is 15.8. The van der Waals surface area contributed by atoms with E-state index < -0.39 is 0 Å². The van der Waals surface area contributed by atoms with Gasteiger partial charge in [-0.3, -0.25) is 4.79 Å². The molecule has 2 aromatic carbocycles. The second-order valence-corrected chi connectivity index (χ2v) is 9.46. The summed E-state index contributed by atoms with van der Waals surface area (Å²) >= 11 is 2.98. The lowest BCUT2D eigenvalue weighted by Crippen LogP contribution is -2.07. The highest BCUT2D eigenvalue weighted by molar-refractivity contribution is 7.21. The van der Waals surface area contributed by atoms with E-state index in [4.69, 9.17) is 5.73 Å². The van der Waals surface area contributed by atoms with Gasteiger partial charge in [-0.05, 0) is 66.4 Å². The number of anilines is 1. The van der Waals surface area contributed by atoms with Crippen LogP contribution in [0, 0.1) is 18.6 Å². The van der Waals surface area contributed by atoms with Gasteiger partial charge in [-0.25, -0.2) is 13.8 Å². The number of thiophene rings is 2. The first kappa shape index (κ1) is 22.8. The Balaban J connectivity index is 0.000000160. The van der Waals surface area contributed by atoms with Gasteiger partial charge in [-0.2, -0.15) is 0 Å². The van der Waals surface area contributed by atoms with E-state index in [2.05, 4.69) is 23.0 Å². The molecule has 0 spiro atoms. The Hall–Kier alpha value is -3.36. The number of benzene rings is 2. The molecular weight excluding hydrogens is 460 g/mol. The van der Waals surface area contributed by atoms with E-state index in [0.29, 0.717) is 16.0 Å². The van der Waals surface area contributed by atoms with E-state index in [9.17, 15) is 13.6 Å². The lowest BCUT2D eigenvalue weighted by Gasteiger charge is -1.95. The molecule has 0 aliphatic carbocycles. The van der Waals surface area contributed by atoms with Gasteiger partial charge in [0.15, 0.2) is 0 Å². The molecule has 168 valence electrons. The Bertz CT molecular complexity index is 1450. The molecule has 0 radical (unpaired) electrons. The van der Waals surface area contributed by atoms with E-state index in [1.54, 1.807) is 48.6 Å². The summed E-state index contributed by atoms with van der Waals surface area (Å²) in [5, 5.41) is 1.43. The van der Waals surface area contributed by atoms with Crippen LogP contribution in [0.1, 0.15) is 18.3 Å². The monoisotopic (exact) mass is 481 g/mol. The molecule has 0 aliphatic rings. The average molecular weight is 482 g/mol. The molecule has 33 heavy (non-hydrogen) atoms. The first-order valence-corrected chi connectivity index (χ1v) is 11.9. The van der Waals surface area contributed by atoms with E-state index in [0.717, 1.165) is 32.3 Å². The number of nitrogen functional groups attached to an aromatic ring is 1. The normalized spacial score (nSPS) is 10.8. The van der Waals surface area contributed by atoms with Crippen molar-refractivity contribution in [2.45, 2.75) is 20.3 Å². The van der Waals surface area contributed by atoms with Crippen molar-refractivity contribution in [1.29, 1.82) is 0 Å². The standard InChI is InChI=1S/C13H9FN2OS.C12H12FNS/c1-7-15-12(17)10-6-11(18-13(10)16-7)8-2-4-9(14)5-3-8;1-2-8-7-11(15-12(8)14)9-3-5-10(13)6-4-9/h2-6H,1H3,(H,15,16,17);3-7H,2,14H2,1H3. The van der Waals surface area contributed by atoms with Crippen LogP contribution in [0.3, 0.4) is 0 Å². The van der Waals surface area contributed by atoms with Crippen LogP contribution in [-0.4, -0.2) is 9.97 Å². The first-order valence-electron chi connectivity index (χ1n) is 10.2. The van der Waals surface area contributed by atoms with Crippen LogP contribution >= 0.6 is 22.7 Å². The molecule has 0 amide bonds. The molecule has 0 aliphatic heterocycles. The molecule has 4 nitrogen and oxygen atoms in total. The number of rotatable bonds is 3. The summed E-state index contributed by atoms with van der Waals surface area (Å²) in [5.41, 5.74) is 8.80. The Morgan fingerprint density at radius 3 is 1.97 bits per heavy atom. The largest absolute Gasteiger partial charge is 0.390 e. The van der Waals surface area contributed by atoms with Gasteiger partial charge in [-0.1, -0.05) is 31.2 Å². The number of hydrogen-bond donors (Lipinski definition) is 2. The number of H-pyrrole nitrogens is 1. The van der Waals surface area contributed by atoms with Crippen molar-refractivity contribution in [2.24, 2.45) is 0 Å². The molecule has 0 atom stereocenters. The number of nitrogens with two attached hydrogens (primary N) is 1. The number of hydrogen-bond acceptors (Lipinski definition) is 5. The molecule has 0 saturated heterocycles. The van der Waals surface area contributed by atoms with Crippen LogP contribution in [0.4, 0.5) is 13.8 Å². The lowest BCUT2D eigenvalue weighted by molar-refractivity contribution is 0.627. The topological polar surface area (TPSA) is 71.8 Å². The highest BCUT2D eigenvalue weighted by Crippen LogP contribution is 2.33. The van der Waals surface area contributed by atoms with Crippen LogP contribution in [0.25, 0.3) is 31.1 Å². The predicted octanol–water partition coefficient (Wildman–Crippen LogP) is 6.80. The zero-order chi connectivity index (χ0) is 23.5. The summed E-state index contributed by atoms with van der Waals surface area (Å²) in [4.78, 5) is 21.4. The smallest absolute Gasteiger partial charge is 0.259 e. The maximum Gasteiger partial charge on any atom is 0.259 e. The van der Waals surface area contributed by atoms with Gasteiger partial charge in [0, 0.05) is 9.75 Å². The number of aryl methyl sites for hydroxylation is 2. The third-order valence-electron chi connectivity index (χ3n) is 5.00. The summed E-state index contributed by atoms with van der Waals surface area (Å²) in [6.45, 7) is 3.82. The highest BCUT2D eigenvalue weighted by Gasteiger charge is 2.09. The summed E-state index contributed by atoms with van der Waals surface area (Å²) in [6, 6.07) is 16.6. The van der Waals surface area contributed by atoms with Crippen molar-refractivity contribution in [3.8, 4) is 20.9 Å². The summed E-state index contributed by atoms with van der Waals surface area (Å²) in [7, 11) is 0. The Kier molecular flexibility index (Phi) is 6.67. The zero-order valence-corrected chi connectivity index (χ0v) is 19.6. The molecule has 5 aromatic rings.